The van der Waals surface area contributed by atoms with Crippen LogP contribution in [0.1, 0.15) is 35.2 Å². The number of rotatable bonds is 4. The van der Waals surface area contributed by atoms with Gasteiger partial charge in [0.25, 0.3) is 0 Å². The predicted molar refractivity (Wildman–Crippen MR) is 94.3 cm³/mol. The lowest BCUT2D eigenvalue weighted by molar-refractivity contribution is -0.125. The largest absolute Gasteiger partial charge is 0.390 e. The second kappa shape index (κ2) is 6.70. The van der Waals surface area contributed by atoms with Crippen molar-refractivity contribution in [2.45, 2.75) is 38.7 Å². The van der Waals surface area contributed by atoms with Crippen LogP contribution in [0, 0.1) is 12.8 Å². The summed E-state index contributed by atoms with van der Waals surface area (Å²) in [6.07, 6.45) is 5.00. The van der Waals surface area contributed by atoms with Gasteiger partial charge in [-0.15, -0.1) is 0 Å². The minimum Gasteiger partial charge on any atom is -0.390 e. The predicted octanol–water partition coefficient (Wildman–Crippen LogP) is 2.13. The summed E-state index contributed by atoms with van der Waals surface area (Å²) >= 11 is 0. The highest BCUT2D eigenvalue weighted by molar-refractivity contribution is 6.01. The average molecular weight is 338 g/mol. The zero-order valence-electron chi connectivity index (χ0n) is 14.3. The molecule has 0 fully saturated rings. The van der Waals surface area contributed by atoms with E-state index in [2.05, 4.69) is 51.9 Å². The first-order valence-corrected chi connectivity index (χ1v) is 8.77. The van der Waals surface area contributed by atoms with Crippen LogP contribution >= 0.6 is 0 Å². The van der Waals surface area contributed by atoms with Crippen LogP contribution < -0.4 is 5.32 Å². The highest BCUT2D eigenvalue weighted by atomic mass is 16.6. The van der Waals surface area contributed by atoms with E-state index in [1.165, 1.54) is 11.1 Å². The number of hydrogen-bond donors (Lipinski definition) is 2. The quantitative estimate of drug-likeness (QED) is 0.896. The Hall–Kier alpha value is -2.63. The average Bonchev–Trinajstić information content (AvgIpc) is 3.29. The third-order valence-corrected chi connectivity index (χ3v) is 5.01. The second-order valence-electron chi connectivity index (χ2n) is 6.89. The van der Waals surface area contributed by atoms with Crippen LogP contribution in [-0.4, -0.2) is 34.5 Å². The monoisotopic (exact) mass is 338 g/mol. The summed E-state index contributed by atoms with van der Waals surface area (Å²) in [6.45, 7) is 2.55. The van der Waals surface area contributed by atoms with Crippen LogP contribution in [0.3, 0.4) is 0 Å². The van der Waals surface area contributed by atoms with E-state index < -0.39 is 0 Å². The van der Waals surface area contributed by atoms with E-state index >= 15 is 0 Å². The van der Waals surface area contributed by atoms with Gasteiger partial charge in [-0.3, -0.25) is 9.89 Å². The molecule has 2 aromatic rings. The zero-order valence-corrected chi connectivity index (χ0v) is 14.3. The molecule has 2 aliphatic rings. The molecule has 1 aliphatic carbocycles. The lowest BCUT2D eigenvalue weighted by Crippen LogP contribution is -2.38. The van der Waals surface area contributed by atoms with E-state index in [0.717, 1.165) is 42.7 Å². The van der Waals surface area contributed by atoms with Crippen LogP contribution in [0.4, 0.5) is 0 Å². The molecule has 6 nitrogen and oxygen atoms in total. The Bertz CT molecular complexity index is 794. The number of nitrogens with one attached hydrogen (secondary N) is 2. The van der Waals surface area contributed by atoms with Crippen molar-refractivity contribution in [1.82, 2.24) is 15.5 Å². The molecule has 1 aromatic carbocycles. The molecule has 0 bridgehead atoms. The first kappa shape index (κ1) is 15.9. The van der Waals surface area contributed by atoms with Crippen molar-refractivity contribution in [2.24, 2.45) is 11.1 Å². The van der Waals surface area contributed by atoms with Gasteiger partial charge in [-0.05, 0) is 30.9 Å². The van der Waals surface area contributed by atoms with E-state index in [1.54, 1.807) is 0 Å². The number of oxime groups is 1. The fourth-order valence-electron chi connectivity index (χ4n) is 3.45. The lowest BCUT2D eigenvalue weighted by atomic mass is 9.87. The number of amides is 1. The molecule has 1 aromatic heterocycles. The first-order valence-electron chi connectivity index (χ1n) is 8.77. The van der Waals surface area contributed by atoms with Gasteiger partial charge < -0.3 is 10.2 Å². The number of aromatic nitrogens is 2. The fraction of sp³-hybridized carbons (Fsp3) is 0.421. The third-order valence-electron chi connectivity index (χ3n) is 5.01. The Labute approximate surface area is 146 Å². The van der Waals surface area contributed by atoms with Crippen molar-refractivity contribution in [3.05, 3.63) is 52.8 Å². The summed E-state index contributed by atoms with van der Waals surface area (Å²) in [5.74, 6) is 0.0967. The minimum absolute atomic E-state index is 0.00633. The van der Waals surface area contributed by atoms with Crippen LogP contribution in [0.2, 0.25) is 0 Å². The maximum Gasteiger partial charge on any atom is 0.223 e. The second-order valence-corrected chi connectivity index (χ2v) is 6.89. The number of hydrogen-bond acceptors (Lipinski definition) is 4. The number of aromatic amines is 1. The first-order chi connectivity index (χ1) is 12.2. The van der Waals surface area contributed by atoms with Crippen LogP contribution in [0.5, 0.6) is 0 Å². The maximum atomic E-state index is 12.4. The van der Waals surface area contributed by atoms with Crippen molar-refractivity contribution in [3.63, 3.8) is 0 Å². The van der Waals surface area contributed by atoms with Crippen LogP contribution in [0.15, 0.2) is 35.6 Å². The Kier molecular flexibility index (Phi) is 4.26. The van der Waals surface area contributed by atoms with Crippen molar-refractivity contribution in [1.29, 1.82) is 0 Å². The van der Waals surface area contributed by atoms with E-state index in [4.69, 9.17) is 4.84 Å². The topological polar surface area (TPSA) is 79.4 Å². The Morgan fingerprint density at radius 1 is 1.32 bits per heavy atom. The standard InChI is InChI=1S/C19H22N4O2/c1-12-2-4-13(5-3-12)18-9-16(25-23-18)11-20-19(24)14-6-7-15-10-21-22-17(15)8-14/h2-5,10,14,16H,6-9,11H2,1H3,(H,20,24)(H,21,22)/t14-,16+/m0/s1. The number of carbonyl (C=O) groups is 1. The molecular weight excluding hydrogens is 316 g/mol. The molecule has 0 radical (unpaired) electrons. The highest BCUT2D eigenvalue weighted by Gasteiger charge is 2.28. The Morgan fingerprint density at radius 3 is 3.00 bits per heavy atom. The van der Waals surface area contributed by atoms with Crippen molar-refractivity contribution >= 4 is 11.6 Å². The van der Waals surface area contributed by atoms with E-state index in [-0.39, 0.29) is 17.9 Å². The molecule has 6 heteroatoms. The summed E-state index contributed by atoms with van der Waals surface area (Å²) in [4.78, 5) is 17.9. The van der Waals surface area contributed by atoms with Gasteiger partial charge in [-0.25, -0.2) is 0 Å². The molecule has 1 amide bonds. The minimum atomic E-state index is -0.0911. The summed E-state index contributed by atoms with van der Waals surface area (Å²) in [5, 5.41) is 14.3. The van der Waals surface area contributed by atoms with Gasteiger partial charge in [-0.2, -0.15) is 5.10 Å². The number of benzene rings is 1. The van der Waals surface area contributed by atoms with E-state index in [1.807, 2.05) is 6.20 Å². The van der Waals surface area contributed by atoms with Gasteiger partial charge in [-0.1, -0.05) is 35.0 Å². The molecule has 4 rings (SSSR count). The highest BCUT2D eigenvalue weighted by Crippen LogP contribution is 2.24. The van der Waals surface area contributed by atoms with Gasteiger partial charge in [0, 0.05) is 24.5 Å². The Morgan fingerprint density at radius 2 is 2.16 bits per heavy atom. The summed E-state index contributed by atoms with van der Waals surface area (Å²) in [7, 11) is 0. The lowest BCUT2D eigenvalue weighted by Gasteiger charge is -2.21. The maximum absolute atomic E-state index is 12.4. The summed E-state index contributed by atoms with van der Waals surface area (Å²) in [6, 6.07) is 8.25. The number of carbonyl (C=O) groups excluding carboxylic acids is 1. The van der Waals surface area contributed by atoms with Crippen LogP contribution in [-0.2, 0) is 22.5 Å². The molecule has 130 valence electrons. The van der Waals surface area contributed by atoms with E-state index in [9.17, 15) is 4.79 Å². The zero-order chi connectivity index (χ0) is 17.2. The molecule has 2 heterocycles. The van der Waals surface area contributed by atoms with Crippen LogP contribution in [0.25, 0.3) is 0 Å². The molecule has 2 N–H and O–H groups in total. The number of H-pyrrole nitrogens is 1. The molecule has 1 aliphatic heterocycles. The molecule has 0 spiro atoms. The Balaban J connectivity index is 1.27. The fourth-order valence-corrected chi connectivity index (χ4v) is 3.45. The number of aryl methyl sites for hydroxylation is 2. The SMILES string of the molecule is Cc1ccc(C2=NO[C@@H](CNC(=O)[C@H]3CCc4cn[nH]c4C3)C2)cc1. The summed E-state index contributed by atoms with van der Waals surface area (Å²) < 4.78 is 0. The molecule has 2 atom stereocenters. The van der Waals surface area contributed by atoms with Gasteiger partial charge in [0.15, 0.2) is 0 Å². The number of fused-ring (bicyclic) bond motifs is 1. The molecule has 0 saturated heterocycles. The summed E-state index contributed by atoms with van der Waals surface area (Å²) in [5.41, 5.74) is 5.57. The third kappa shape index (κ3) is 3.43. The normalized spacial score (nSPS) is 22.0. The molecule has 0 saturated carbocycles. The van der Waals surface area contributed by atoms with Gasteiger partial charge >= 0.3 is 0 Å². The van der Waals surface area contributed by atoms with Crippen molar-refractivity contribution in [2.75, 3.05) is 6.54 Å². The smallest absolute Gasteiger partial charge is 0.223 e. The van der Waals surface area contributed by atoms with Gasteiger partial charge in [0.2, 0.25) is 5.91 Å². The van der Waals surface area contributed by atoms with Crippen molar-refractivity contribution < 1.29 is 9.63 Å². The molecular formula is C19H22N4O2. The molecule has 25 heavy (non-hydrogen) atoms. The van der Waals surface area contributed by atoms with Gasteiger partial charge in [0.1, 0.15) is 6.10 Å². The molecule has 0 unspecified atom stereocenters. The number of nitrogens with zero attached hydrogens (tertiary/aromatic N) is 2. The van der Waals surface area contributed by atoms with Crippen molar-refractivity contribution in [3.8, 4) is 0 Å². The van der Waals surface area contributed by atoms with Gasteiger partial charge in [0.05, 0.1) is 18.5 Å². The van der Waals surface area contributed by atoms with E-state index in [0.29, 0.717) is 6.54 Å².